The monoisotopic (exact) mass is 304 g/mol. The minimum absolute atomic E-state index is 0.164. The Hall–Kier alpha value is -2.25. The van der Waals surface area contributed by atoms with E-state index < -0.39 is 0 Å². The average molecular weight is 304 g/mol. The Morgan fingerprint density at radius 3 is 2.71 bits per heavy atom. The fourth-order valence-corrected chi connectivity index (χ4v) is 2.39. The van der Waals surface area contributed by atoms with Crippen LogP contribution in [-0.2, 0) is 11.3 Å². The van der Waals surface area contributed by atoms with Crippen LogP contribution in [-0.4, -0.2) is 16.8 Å². The van der Waals surface area contributed by atoms with Crippen molar-refractivity contribution in [3.63, 3.8) is 0 Å². The first-order valence-electron chi connectivity index (χ1n) is 6.33. The van der Waals surface area contributed by atoms with Gasteiger partial charge in [-0.3, -0.25) is 9.59 Å². The second-order valence-corrected chi connectivity index (χ2v) is 5.44. The first-order chi connectivity index (χ1) is 9.99. The van der Waals surface area contributed by atoms with E-state index in [0.29, 0.717) is 28.6 Å². The lowest BCUT2D eigenvalue weighted by atomic mass is 10.1. The van der Waals surface area contributed by atoms with E-state index in [1.54, 1.807) is 17.5 Å². The molecule has 0 saturated carbocycles. The predicted octanol–water partition coefficient (Wildman–Crippen LogP) is 2.12. The number of hydrogen-bond acceptors (Lipinski definition) is 5. The molecule has 0 spiro atoms. The number of nitrogens with two attached hydrogens (primary N) is 1. The van der Waals surface area contributed by atoms with E-state index in [2.05, 4.69) is 15.6 Å². The third kappa shape index (κ3) is 3.87. The van der Waals surface area contributed by atoms with E-state index in [9.17, 15) is 9.59 Å². The Kier molecular flexibility index (Phi) is 4.66. The highest BCUT2D eigenvalue weighted by Gasteiger charge is 2.12. The van der Waals surface area contributed by atoms with Crippen molar-refractivity contribution in [2.75, 3.05) is 10.6 Å². The Morgan fingerprint density at radius 2 is 2.10 bits per heavy atom. The molecule has 1 aromatic heterocycles. The highest BCUT2D eigenvalue weighted by Crippen LogP contribution is 2.21. The number of benzene rings is 1. The van der Waals surface area contributed by atoms with Crippen molar-refractivity contribution in [3.8, 4) is 0 Å². The number of amides is 2. The maximum absolute atomic E-state index is 12.1. The van der Waals surface area contributed by atoms with Crippen molar-refractivity contribution in [2.45, 2.75) is 20.4 Å². The van der Waals surface area contributed by atoms with Gasteiger partial charge in [-0.2, -0.15) is 0 Å². The Labute approximate surface area is 126 Å². The van der Waals surface area contributed by atoms with Crippen molar-refractivity contribution in [2.24, 2.45) is 5.73 Å². The largest absolute Gasteiger partial charge is 0.326 e. The standard InChI is InChI=1S/C14H16N4O2S/c1-8-3-4-10(16-9(2)19)5-11(8)18-14(20)12-7-21-13(6-15)17-12/h3-5,7H,6,15H2,1-2H3,(H,16,19)(H,18,20). The summed E-state index contributed by atoms with van der Waals surface area (Å²) in [5.41, 5.74) is 7.98. The van der Waals surface area contributed by atoms with Gasteiger partial charge in [-0.25, -0.2) is 4.98 Å². The van der Waals surface area contributed by atoms with Gasteiger partial charge in [0.25, 0.3) is 5.91 Å². The molecule has 21 heavy (non-hydrogen) atoms. The summed E-state index contributed by atoms with van der Waals surface area (Å²) in [5.74, 6) is -0.461. The smallest absolute Gasteiger partial charge is 0.275 e. The van der Waals surface area contributed by atoms with Crippen molar-refractivity contribution < 1.29 is 9.59 Å². The fraction of sp³-hybridized carbons (Fsp3) is 0.214. The first kappa shape index (κ1) is 15.1. The zero-order valence-corrected chi connectivity index (χ0v) is 12.6. The molecule has 2 amide bonds. The van der Waals surface area contributed by atoms with Crippen LogP contribution in [0, 0.1) is 6.92 Å². The Balaban J connectivity index is 2.17. The van der Waals surface area contributed by atoms with Crippen molar-refractivity contribution >= 4 is 34.5 Å². The minimum Gasteiger partial charge on any atom is -0.326 e. The lowest BCUT2D eigenvalue weighted by molar-refractivity contribution is -0.114. The van der Waals surface area contributed by atoms with Gasteiger partial charge in [0.05, 0.1) is 0 Å². The van der Waals surface area contributed by atoms with Crippen molar-refractivity contribution in [1.82, 2.24) is 4.98 Å². The zero-order valence-electron chi connectivity index (χ0n) is 11.8. The average Bonchev–Trinajstić information content (AvgIpc) is 2.91. The van der Waals surface area contributed by atoms with Gasteiger partial charge in [-0.15, -0.1) is 11.3 Å². The lowest BCUT2D eigenvalue weighted by Crippen LogP contribution is -2.14. The summed E-state index contributed by atoms with van der Waals surface area (Å²) in [6.07, 6.45) is 0. The van der Waals surface area contributed by atoms with E-state index >= 15 is 0 Å². The van der Waals surface area contributed by atoms with Gasteiger partial charge >= 0.3 is 0 Å². The summed E-state index contributed by atoms with van der Waals surface area (Å²) >= 11 is 1.35. The lowest BCUT2D eigenvalue weighted by Gasteiger charge is -2.10. The summed E-state index contributed by atoms with van der Waals surface area (Å²) in [6.45, 7) is 3.62. The van der Waals surface area contributed by atoms with E-state index in [-0.39, 0.29) is 11.8 Å². The van der Waals surface area contributed by atoms with Crippen LogP contribution in [0.25, 0.3) is 0 Å². The summed E-state index contributed by atoms with van der Waals surface area (Å²) in [7, 11) is 0. The maximum Gasteiger partial charge on any atom is 0.275 e. The molecule has 0 bridgehead atoms. The maximum atomic E-state index is 12.1. The number of aryl methyl sites for hydroxylation is 1. The first-order valence-corrected chi connectivity index (χ1v) is 7.21. The van der Waals surface area contributed by atoms with E-state index in [1.165, 1.54) is 18.3 Å². The SMILES string of the molecule is CC(=O)Nc1ccc(C)c(NC(=O)c2csc(CN)n2)c1. The Morgan fingerprint density at radius 1 is 1.33 bits per heavy atom. The van der Waals surface area contributed by atoms with Crippen LogP contribution in [0.4, 0.5) is 11.4 Å². The summed E-state index contributed by atoms with van der Waals surface area (Å²) in [5, 5.41) is 7.85. The number of thiazole rings is 1. The van der Waals surface area contributed by atoms with Crippen LogP contribution in [0.15, 0.2) is 23.6 Å². The predicted molar refractivity (Wildman–Crippen MR) is 83.4 cm³/mol. The minimum atomic E-state index is -0.297. The van der Waals surface area contributed by atoms with E-state index in [4.69, 9.17) is 5.73 Å². The fourth-order valence-electron chi connectivity index (χ4n) is 1.73. The molecule has 0 saturated heterocycles. The molecule has 0 aliphatic heterocycles. The molecular weight excluding hydrogens is 288 g/mol. The summed E-state index contributed by atoms with van der Waals surface area (Å²) < 4.78 is 0. The molecule has 1 heterocycles. The number of carbonyl (C=O) groups is 2. The summed E-state index contributed by atoms with van der Waals surface area (Å²) in [4.78, 5) is 27.3. The van der Waals surface area contributed by atoms with Crippen molar-refractivity contribution in [1.29, 1.82) is 0 Å². The van der Waals surface area contributed by atoms with Gasteiger partial charge in [0.15, 0.2) is 0 Å². The van der Waals surface area contributed by atoms with Gasteiger partial charge in [0, 0.05) is 30.2 Å². The number of anilines is 2. The quantitative estimate of drug-likeness (QED) is 0.806. The molecule has 0 aliphatic carbocycles. The van der Waals surface area contributed by atoms with Crippen molar-refractivity contribution in [3.05, 3.63) is 39.8 Å². The highest BCUT2D eigenvalue weighted by molar-refractivity contribution is 7.09. The second kappa shape index (κ2) is 6.47. The molecule has 0 atom stereocenters. The van der Waals surface area contributed by atoms with Crippen LogP contribution in [0.1, 0.15) is 28.0 Å². The number of carbonyl (C=O) groups excluding carboxylic acids is 2. The van der Waals surface area contributed by atoms with Crippen LogP contribution >= 0.6 is 11.3 Å². The third-order valence-electron chi connectivity index (χ3n) is 2.77. The number of aromatic nitrogens is 1. The molecule has 4 N–H and O–H groups in total. The number of hydrogen-bond donors (Lipinski definition) is 3. The van der Waals surface area contributed by atoms with Gasteiger partial charge in [0.1, 0.15) is 10.7 Å². The highest BCUT2D eigenvalue weighted by atomic mass is 32.1. The van der Waals surface area contributed by atoms with E-state index in [1.807, 2.05) is 13.0 Å². The molecular formula is C14H16N4O2S. The topological polar surface area (TPSA) is 97.1 Å². The number of nitrogens with zero attached hydrogens (tertiary/aromatic N) is 1. The zero-order chi connectivity index (χ0) is 15.4. The summed E-state index contributed by atoms with van der Waals surface area (Å²) in [6, 6.07) is 5.32. The third-order valence-corrected chi connectivity index (χ3v) is 3.64. The Bertz CT molecular complexity index is 681. The molecule has 0 unspecified atom stereocenters. The molecule has 0 fully saturated rings. The molecule has 110 valence electrons. The van der Waals surface area contributed by atoms with Crippen LogP contribution in [0.2, 0.25) is 0 Å². The molecule has 6 nitrogen and oxygen atoms in total. The van der Waals surface area contributed by atoms with E-state index in [0.717, 1.165) is 5.56 Å². The molecule has 2 rings (SSSR count). The van der Waals surface area contributed by atoms with Gasteiger partial charge < -0.3 is 16.4 Å². The van der Waals surface area contributed by atoms with Crippen LogP contribution in [0.3, 0.4) is 0 Å². The molecule has 0 radical (unpaired) electrons. The molecule has 7 heteroatoms. The van der Waals surface area contributed by atoms with Gasteiger partial charge in [0.2, 0.25) is 5.91 Å². The normalized spacial score (nSPS) is 10.2. The van der Waals surface area contributed by atoms with Crippen LogP contribution < -0.4 is 16.4 Å². The number of rotatable bonds is 4. The molecule has 1 aromatic carbocycles. The van der Waals surface area contributed by atoms with Gasteiger partial charge in [-0.05, 0) is 24.6 Å². The number of nitrogens with one attached hydrogen (secondary N) is 2. The van der Waals surface area contributed by atoms with Crippen LogP contribution in [0.5, 0.6) is 0 Å². The molecule has 2 aromatic rings. The van der Waals surface area contributed by atoms with Gasteiger partial charge in [-0.1, -0.05) is 6.07 Å². The molecule has 0 aliphatic rings. The second-order valence-electron chi connectivity index (χ2n) is 4.50.